The fraction of sp³-hybridized carbons (Fsp3) is 0.286. The minimum atomic E-state index is -0.340. The molecule has 2 N–H and O–H groups in total. The van der Waals surface area contributed by atoms with E-state index < -0.39 is 0 Å². The molecule has 0 bridgehead atoms. The molecule has 0 spiro atoms. The zero-order valence-corrected chi connectivity index (χ0v) is 10.9. The topological polar surface area (TPSA) is 71.2 Å². The van der Waals surface area contributed by atoms with Crippen LogP contribution in [0.2, 0.25) is 0 Å². The first-order chi connectivity index (χ1) is 9.11. The summed E-state index contributed by atoms with van der Waals surface area (Å²) in [6.07, 6.45) is 1.95. The number of H-pyrrole nitrogens is 1. The molecule has 0 fully saturated rings. The van der Waals surface area contributed by atoms with E-state index in [1.807, 2.05) is 18.2 Å². The van der Waals surface area contributed by atoms with Gasteiger partial charge >= 0.3 is 5.97 Å². The molecule has 2 aromatic rings. The first-order valence-corrected chi connectivity index (χ1v) is 6.05. The maximum atomic E-state index is 12.2. The van der Waals surface area contributed by atoms with Crippen LogP contribution in [0.4, 0.5) is 0 Å². The van der Waals surface area contributed by atoms with Gasteiger partial charge in [0.05, 0.1) is 13.5 Å². The average molecular weight is 260 g/mol. The first kappa shape index (κ1) is 13.1. The van der Waals surface area contributed by atoms with Crippen molar-refractivity contribution >= 4 is 22.8 Å². The maximum absolute atomic E-state index is 12.2. The predicted octanol–water partition coefficient (Wildman–Crippen LogP) is 1.85. The molecular formula is C14H16N2O3. The smallest absolute Gasteiger partial charge is 0.307 e. The molecule has 0 aliphatic heterocycles. The molecule has 0 radical (unpaired) electrons. The van der Waals surface area contributed by atoms with Crippen LogP contribution in [0, 0.1) is 0 Å². The highest BCUT2D eigenvalue weighted by atomic mass is 16.5. The molecule has 5 heteroatoms. The molecule has 1 aromatic heterocycles. The number of aromatic amines is 1. The second kappa shape index (κ2) is 5.56. The standard InChI is InChI=1S/C14H16N2O3/c1-9(8-13(17)19-2)16-14(18)11-4-3-5-12-10(11)6-7-15-12/h3-7,9,15H,8H2,1-2H3,(H,16,18). The van der Waals surface area contributed by atoms with Gasteiger partial charge in [-0.2, -0.15) is 0 Å². The quantitative estimate of drug-likeness (QED) is 0.824. The summed E-state index contributed by atoms with van der Waals surface area (Å²) in [6.45, 7) is 1.77. The van der Waals surface area contributed by atoms with E-state index in [9.17, 15) is 9.59 Å². The average Bonchev–Trinajstić information content (AvgIpc) is 2.86. The van der Waals surface area contributed by atoms with E-state index >= 15 is 0 Å². The van der Waals surface area contributed by atoms with Crippen LogP contribution in [0.3, 0.4) is 0 Å². The Bertz CT molecular complexity index is 604. The second-order valence-corrected chi connectivity index (χ2v) is 4.40. The van der Waals surface area contributed by atoms with Crippen molar-refractivity contribution in [3.63, 3.8) is 0 Å². The van der Waals surface area contributed by atoms with E-state index in [0.717, 1.165) is 10.9 Å². The number of benzene rings is 1. The van der Waals surface area contributed by atoms with Crippen molar-refractivity contribution in [3.05, 3.63) is 36.0 Å². The Morgan fingerprint density at radius 1 is 1.37 bits per heavy atom. The summed E-state index contributed by atoms with van der Waals surface area (Å²) < 4.78 is 4.57. The summed E-state index contributed by atoms with van der Waals surface area (Å²) in [4.78, 5) is 26.3. The molecule has 100 valence electrons. The van der Waals surface area contributed by atoms with E-state index in [1.165, 1.54) is 7.11 Å². The van der Waals surface area contributed by atoms with Crippen LogP contribution in [0.25, 0.3) is 10.9 Å². The van der Waals surface area contributed by atoms with Crippen molar-refractivity contribution in [2.45, 2.75) is 19.4 Å². The van der Waals surface area contributed by atoms with Crippen LogP contribution in [0.15, 0.2) is 30.5 Å². The number of carbonyl (C=O) groups is 2. The van der Waals surface area contributed by atoms with Gasteiger partial charge in [0.25, 0.3) is 5.91 Å². The van der Waals surface area contributed by atoms with Gasteiger partial charge in [-0.15, -0.1) is 0 Å². The van der Waals surface area contributed by atoms with Crippen molar-refractivity contribution in [2.24, 2.45) is 0 Å². The monoisotopic (exact) mass is 260 g/mol. The van der Waals surface area contributed by atoms with E-state index in [2.05, 4.69) is 15.0 Å². The van der Waals surface area contributed by atoms with Crippen LogP contribution in [-0.2, 0) is 9.53 Å². The van der Waals surface area contributed by atoms with Gasteiger partial charge in [-0.25, -0.2) is 0 Å². The van der Waals surface area contributed by atoms with Crippen molar-refractivity contribution in [2.75, 3.05) is 7.11 Å². The van der Waals surface area contributed by atoms with Gasteiger partial charge in [0.15, 0.2) is 0 Å². The van der Waals surface area contributed by atoms with E-state index in [-0.39, 0.29) is 24.3 Å². The summed E-state index contributed by atoms with van der Waals surface area (Å²) >= 11 is 0. The summed E-state index contributed by atoms with van der Waals surface area (Å²) in [6, 6.07) is 7.07. The Morgan fingerprint density at radius 2 is 2.16 bits per heavy atom. The molecule has 0 aliphatic carbocycles. The van der Waals surface area contributed by atoms with Crippen molar-refractivity contribution in [3.8, 4) is 0 Å². The molecule has 0 aliphatic rings. The number of aromatic nitrogens is 1. The number of hydrogen-bond acceptors (Lipinski definition) is 3. The maximum Gasteiger partial charge on any atom is 0.307 e. The van der Waals surface area contributed by atoms with Crippen LogP contribution in [-0.4, -0.2) is 30.0 Å². The molecule has 19 heavy (non-hydrogen) atoms. The number of amides is 1. The SMILES string of the molecule is COC(=O)CC(C)NC(=O)c1cccc2[nH]ccc12. The van der Waals surface area contributed by atoms with Gasteiger partial charge in [0.1, 0.15) is 0 Å². The van der Waals surface area contributed by atoms with Gasteiger partial charge in [-0.3, -0.25) is 9.59 Å². The largest absolute Gasteiger partial charge is 0.469 e. The first-order valence-electron chi connectivity index (χ1n) is 6.05. The molecule has 1 atom stereocenters. The molecule has 1 heterocycles. The lowest BCUT2D eigenvalue weighted by Gasteiger charge is -2.13. The molecule has 1 aromatic carbocycles. The Morgan fingerprint density at radius 3 is 2.89 bits per heavy atom. The zero-order valence-electron chi connectivity index (χ0n) is 10.9. The van der Waals surface area contributed by atoms with Gasteiger partial charge in [-0.1, -0.05) is 6.07 Å². The van der Waals surface area contributed by atoms with Crippen molar-refractivity contribution in [1.29, 1.82) is 0 Å². The Hall–Kier alpha value is -2.30. The minimum Gasteiger partial charge on any atom is -0.469 e. The highest BCUT2D eigenvalue weighted by Crippen LogP contribution is 2.17. The molecule has 0 saturated carbocycles. The number of methoxy groups -OCH3 is 1. The fourth-order valence-electron chi connectivity index (χ4n) is 1.97. The van der Waals surface area contributed by atoms with Gasteiger partial charge in [0, 0.05) is 28.7 Å². The Labute approximate surface area is 110 Å². The fourth-order valence-corrected chi connectivity index (χ4v) is 1.97. The van der Waals surface area contributed by atoms with Crippen LogP contribution in [0.5, 0.6) is 0 Å². The Kier molecular flexibility index (Phi) is 3.85. The summed E-state index contributed by atoms with van der Waals surface area (Å²) in [5.74, 6) is -0.533. The highest BCUT2D eigenvalue weighted by molar-refractivity contribution is 6.06. The van der Waals surface area contributed by atoms with Gasteiger partial charge in [-0.05, 0) is 25.1 Å². The molecule has 5 nitrogen and oxygen atoms in total. The van der Waals surface area contributed by atoms with Gasteiger partial charge < -0.3 is 15.0 Å². The number of carbonyl (C=O) groups excluding carboxylic acids is 2. The lowest BCUT2D eigenvalue weighted by Crippen LogP contribution is -2.34. The lowest BCUT2D eigenvalue weighted by molar-refractivity contribution is -0.141. The number of fused-ring (bicyclic) bond motifs is 1. The highest BCUT2D eigenvalue weighted by Gasteiger charge is 2.15. The lowest BCUT2D eigenvalue weighted by atomic mass is 10.1. The number of ether oxygens (including phenoxy) is 1. The van der Waals surface area contributed by atoms with Gasteiger partial charge in [0.2, 0.25) is 0 Å². The summed E-state index contributed by atoms with van der Waals surface area (Å²) in [7, 11) is 1.33. The van der Waals surface area contributed by atoms with Crippen molar-refractivity contribution in [1.82, 2.24) is 10.3 Å². The predicted molar refractivity (Wildman–Crippen MR) is 71.9 cm³/mol. The molecule has 0 saturated heterocycles. The summed E-state index contributed by atoms with van der Waals surface area (Å²) in [5.41, 5.74) is 1.50. The third kappa shape index (κ3) is 2.93. The third-order valence-electron chi connectivity index (χ3n) is 2.92. The van der Waals surface area contributed by atoms with Crippen LogP contribution < -0.4 is 5.32 Å². The zero-order chi connectivity index (χ0) is 13.8. The normalized spacial score (nSPS) is 12.1. The molecule has 1 amide bonds. The molecule has 1 unspecified atom stereocenters. The van der Waals surface area contributed by atoms with E-state index in [0.29, 0.717) is 5.56 Å². The number of esters is 1. The molecular weight excluding hydrogens is 244 g/mol. The Balaban J connectivity index is 2.12. The number of rotatable bonds is 4. The third-order valence-corrected chi connectivity index (χ3v) is 2.92. The van der Waals surface area contributed by atoms with E-state index in [4.69, 9.17) is 0 Å². The second-order valence-electron chi connectivity index (χ2n) is 4.40. The molecule has 2 rings (SSSR count). The van der Waals surface area contributed by atoms with E-state index in [1.54, 1.807) is 19.2 Å². The van der Waals surface area contributed by atoms with Crippen molar-refractivity contribution < 1.29 is 14.3 Å². The van der Waals surface area contributed by atoms with Crippen LogP contribution >= 0.6 is 0 Å². The number of hydrogen-bond donors (Lipinski definition) is 2. The minimum absolute atomic E-state index is 0.158. The number of nitrogens with one attached hydrogen (secondary N) is 2. The summed E-state index contributed by atoms with van der Waals surface area (Å²) in [5, 5.41) is 3.66. The van der Waals surface area contributed by atoms with Crippen LogP contribution in [0.1, 0.15) is 23.7 Å².